The summed E-state index contributed by atoms with van der Waals surface area (Å²) in [7, 11) is 0. The van der Waals surface area contributed by atoms with Crippen LogP contribution in [-0.4, -0.2) is 46.4 Å². The first-order chi connectivity index (χ1) is 11.5. The molecule has 24 heavy (non-hydrogen) atoms. The van der Waals surface area contributed by atoms with Gasteiger partial charge in [-0.25, -0.2) is 4.79 Å². The Morgan fingerprint density at radius 2 is 2.21 bits per heavy atom. The highest BCUT2D eigenvalue weighted by Crippen LogP contribution is 2.33. The molecule has 2 atom stereocenters. The summed E-state index contributed by atoms with van der Waals surface area (Å²) in [5, 5.41) is 10.5. The molecule has 2 aliphatic heterocycles. The van der Waals surface area contributed by atoms with Crippen molar-refractivity contribution < 1.29 is 9.53 Å². The number of likely N-dealkylation sites (tertiary alicyclic amines) is 1. The number of urea groups is 1. The number of carbonyl (C=O) groups excluding carboxylic acids is 1. The summed E-state index contributed by atoms with van der Waals surface area (Å²) in [5.74, 6) is 0. The molecule has 0 radical (unpaired) electrons. The van der Waals surface area contributed by atoms with Crippen LogP contribution in [0, 0.1) is 13.8 Å². The Morgan fingerprint density at radius 1 is 1.38 bits per heavy atom. The van der Waals surface area contributed by atoms with Crippen LogP contribution in [0.3, 0.4) is 0 Å². The van der Waals surface area contributed by atoms with Gasteiger partial charge in [0.1, 0.15) is 0 Å². The third kappa shape index (κ3) is 3.58. The molecule has 2 N–H and O–H groups in total. The molecule has 134 valence electrons. The maximum atomic E-state index is 12.9. The number of nitrogens with one attached hydrogen (secondary N) is 2. The van der Waals surface area contributed by atoms with Crippen LogP contribution < -0.4 is 5.32 Å². The van der Waals surface area contributed by atoms with E-state index in [-0.39, 0.29) is 17.7 Å². The Labute approximate surface area is 144 Å². The summed E-state index contributed by atoms with van der Waals surface area (Å²) in [4.78, 5) is 14.9. The van der Waals surface area contributed by atoms with Gasteiger partial charge in [-0.2, -0.15) is 5.10 Å². The van der Waals surface area contributed by atoms with Crippen molar-refractivity contribution in [2.24, 2.45) is 0 Å². The van der Waals surface area contributed by atoms with Gasteiger partial charge in [-0.1, -0.05) is 12.8 Å². The van der Waals surface area contributed by atoms with Gasteiger partial charge in [0.15, 0.2) is 0 Å². The van der Waals surface area contributed by atoms with Crippen LogP contribution >= 0.6 is 0 Å². The van der Waals surface area contributed by atoms with Gasteiger partial charge in [-0.05, 0) is 46.5 Å². The zero-order valence-corrected chi connectivity index (χ0v) is 15.2. The van der Waals surface area contributed by atoms with Crippen LogP contribution in [0.1, 0.15) is 68.4 Å². The van der Waals surface area contributed by atoms with Crippen LogP contribution in [0.5, 0.6) is 0 Å². The third-order valence-electron chi connectivity index (χ3n) is 5.45. The molecule has 1 aromatic rings. The molecule has 2 fully saturated rings. The molecule has 2 aliphatic rings. The second-order valence-electron chi connectivity index (χ2n) is 7.47. The van der Waals surface area contributed by atoms with Gasteiger partial charge in [0.2, 0.25) is 0 Å². The van der Waals surface area contributed by atoms with Crippen molar-refractivity contribution in [3.05, 3.63) is 17.0 Å². The smallest absolute Gasteiger partial charge is 0.318 e. The zero-order valence-electron chi connectivity index (χ0n) is 15.2. The van der Waals surface area contributed by atoms with Crippen LogP contribution in [0.25, 0.3) is 0 Å². The van der Waals surface area contributed by atoms with E-state index >= 15 is 0 Å². The summed E-state index contributed by atoms with van der Waals surface area (Å²) >= 11 is 0. The quantitative estimate of drug-likeness (QED) is 0.891. The number of aromatic nitrogens is 2. The first-order valence-electron chi connectivity index (χ1n) is 9.20. The molecular weight excluding hydrogens is 304 g/mol. The summed E-state index contributed by atoms with van der Waals surface area (Å²) < 4.78 is 5.79. The molecule has 0 saturated carbocycles. The molecule has 0 spiro atoms. The molecule has 3 rings (SSSR count). The van der Waals surface area contributed by atoms with E-state index in [1.807, 2.05) is 18.7 Å². The lowest BCUT2D eigenvalue weighted by atomic mass is 9.99. The Hall–Kier alpha value is -1.56. The monoisotopic (exact) mass is 334 g/mol. The Kier molecular flexibility index (Phi) is 5.13. The van der Waals surface area contributed by atoms with Crippen molar-refractivity contribution in [1.29, 1.82) is 0 Å². The number of nitrogens with zero attached hydrogens (tertiary/aromatic N) is 2. The van der Waals surface area contributed by atoms with Gasteiger partial charge in [-0.3, -0.25) is 5.10 Å². The largest absolute Gasteiger partial charge is 0.373 e. The Balaban J connectivity index is 1.73. The van der Waals surface area contributed by atoms with Gasteiger partial charge in [0.25, 0.3) is 0 Å². The standard InChI is InChI=1S/C18H30N4O2/c1-13-16(14(2)21-20-13)15-8-5-4-6-10-22(15)17(23)19-12-18(3)9-7-11-24-18/h15H,4-12H2,1-3H3,(H,19,23)(H,20,21)/t15-,18-/m1/s1. The summed E-state index contributed by atoms with van der Waals surface area (Å²) in [6.45, 7) is 8.34. The van der Waals surface area contributed by atoms with E-state index in [1.165, 1.54) is 12.0 Å². The Morgan fingerprint density at radius 3 is 2.88 bits per heavy atom. The van der Waals surface area contributed by atoms with E-state index in [2.05, 4.69) is 22.4 Å². The molecule has 6 heteroatoms. The zero-order chi connectivity index (χ0) is 17.2. The molecule has 0 aromatic carbocycles. The average Bonchev–Trinajstić information content (AvgIpc) is 3.03. The van der Waals surface area contributed by atoms with Crippen molar-refractivity contribution in [2.45, 2.75) is 70.9 Å². The lowest BCUT2D eigenvalue weighted by Gasteiger charge is -2.32. The molecule has 0 bridgehead atoms. The Bertz CT molecular complexity index is 558. The van der Waals surface area contributed by atoms with E-state index in [0.29, 0.717) is 6.54 Å². The maximum absolute atomic E-state index is 12.9. The van der Waals surface area contributed by atoms with Gasteiger partial charge in [-0.15, -0.1) is 0 Å². The number of amides is 2. The number of ether oxygens (including phenoxy) is 1. The minimum absolute atomic E-state index is 0.0265. The SMILES string of the molecule is Cc1n[nH]c(C)c1[C@H]1CCCCCN1C(=O)NC[C@@]1(C)CCCO1. The molecule has 2 amide bonds. The number of rotatable bonds is 3. The number of aromatic amines is 1. The number of H-pyrrole nitrogens is 1. The van der Waals surface area contributed by atoms with Crippen molar-refractivity contribution in [3.63, 3.8) is 0 Å². The normalized spacial score (nSPS) is 28.0. The van der Waals surface area contributed by atoms with Crippen molar-refractivity contribution in [2.75, 3.05) is 19.7 Å². The molecule has 0 unspecified atom stereocenters. The lowest BCUT2D eigenvalue weighted by molar-refractivity contribution is 0.0214. The third-order valence-corrected chi connectivity index (χ3v) is 5.45. The van der Waals surface area contributed by atoms with Crippen LogP contribution in [0.4, 0.5) is 4.79 Å². The molecular formula is C18H30N4O2. The number of carbonyl (C=O) groups is 1. The highest BCUT2D eigenvalue weighted by Gasteiger charge is 2.33. The average molecular weight is 334 g/mol. The number of aryl methyl sites for hydroxylation is 2. The maximum Gasteiger partial charge on any atom is 0.318 e. The molecule has 2 saturated heterocycles. The topological polar surface area (TPSA) is 70.2 Å². The van der Waals surface area contributed by atoms with Gasteiger partial charge >= 0.3 is 6.03 Å². The predicted octanol–water partition coefficient (Wildman–Crippen LogP) is 3.22. The fourth-order valence-electron chi connectivity index (χ4n) is 4.04. The fraction of sp³-hybridized carbons (Fsp3) is 0.778. The van der Waals surface area contributed by atoms with Crippen molar-refractivity contribution in [1.82, 2.24) is 20.4 Å². The van der Waals surface area contributed by atoms with E-state index in [0.717, 1.165) is 56.6 Å². The molecule has 0 aliphatic carbocycles. The first-order valence-corrected chi connectivity index (χ1v) is 9.20. The molecule has 1 aromatic heterocycles. The number of hydrogen-bond donors (Lipinski definition) is 2. The van der Waals surface area contributed by atoms with E-state index in [4.69, 9.17) is 4.74 Å². The molecule has 6 nitrogen and oxygen atoms in total. The predicted molar refractivity (Wildman–Crippen MR) is 93.0 cm³/mol. The van der Waals surface area contributed by atoms with Crippen molar-refractivity contribution in [3.8, 4) is 0 Å². The van der Waals surface area contributed by atoms with Crippen molar-refractivity contribution >= 4 is 6.03 Å². The second kappa shape index (κ2) is 7.13. The van der Waals surface area contributed by atoms with E-state index in [9.17, 15) is 4.79 Å². The summed E-state index contributed by atoms with van der Waals surface area (Å²) in [5.41, 5.74) is 3.06. The van der Waals surface area contributed by atoms with Crippen LogP contribution in [0.15, 0.2) is 0 Å². The van der Waals surface area contributed by atoms with E-state index < -0.39 is 0 Å². The highest BCUT2D eigenvalue weighted by molar-refractivity contribution is 5.75. The van der Waals surface area contributed by atoms with Crippen LogP contribution in [-0.2, 0) is 4.74 Å². The lowest BCUT2D eigenvalue weighted by Crippen LogP contribution is -2.47. The summed E-state index contributed by atoms with van der Waals surface area (Å²) in [6, 6.07) is 0.141. The van der Waals surface area contributed by atoms with E-state index in [1.54, 1.807) is 0 Å². The molecule has 3 heterocycles. The minimum Gasteiger partial charge on any atom is -0.373 e. The van der Waals surface area contributed by atoms with Gasteiger partial charge in [0.05, 0.1) is 17.3 Å². The van der Waals surface area contributed by atoms with Gasteiger partial charge < -0.3 is 15.0 Å². The minimum atomic E-state index is -0.210. The first kappa shape index (κ1) is 17.3. The highest BCUT2D eigenvalue weighted by atomic mass is 16.5. The number of hydrogen-bond acceptors (Lipinski definition) is 3. The van der Waals surface area contributed by atoms with Crippen LogP contribution in [0.2, 0.25) is 0 Å². The fourth-order valence-corrected chi connectivity index (χ4v) is 4.04. The second-order valence-corrected chi connectivity index (χ2v) is 7.47. The summed E-state index contributed by atoms with van der Waals surface area (Å²) in [6.07, 6.45) is 6.48. The van der Waals surface area contributed by atoms with Gasteiger partial charge in [0, 0.05) is 31.0 Å².